The average molecular weight is 501 g/mol. The van der Waals surface area contributed by atoms with Gasteiger partial charge in [-0.2, -0.15) is 5.26 Å². The van der Waals surface area contributed by atoms with Crippen molar-refractivity contribution in [3.05, 3.63) is 113 Å². The van der Waals surface area contributed by atoms with Gasteiger partial charge in [0.25, 0.3) is 0 Å². The van der Waals surface area contributed by atoms with Crippen LogP contribution in [-0.4, -0.2) is 17.0 Å². The van der Waals surface area contributed by atoms with E-state index in [2.05, 4.69) is 25.2 Å². The van der Waals surface area contributed by atoms with Gasteiger partial charge in [-0.25, -0.2) is 4.79 Å². The van der Waals surface area contributed by atoms with E-state index in [4.69, 9.17) is 0 Å². The van der Waals surface area contributed by atoms with Crippen LogP contribution < -0.4 is 34.9 Å². The first kappa shape index (κ1) is 28.1. The van der Waals surface area contributed by atoms with E-state index in [9.17, 15) is 20.0 Å². The largest absolute Gasteiger partial charge is 1.00 e. The molecule has 0 bridgehead atoms. The first-order chi connectivity index (χ1) is 17.4. The third-order valence-electron chi connectivity index (χ3n) is 6.35. The van der Waals surface area contributed by atoms with E-state index < -0.39 is 5.97 Å². The Morgan fingerprint density at radius 2 is 1.65 bits per heavy atom. The number of hydrogen-bond acceptors (Lipinski definition) is 3. The van der Waals surface area contributed by atoms with Crippen molar-refractivity contribution in [2.45, 2.75) is 32.6 Å². The summed E-state index contributed by atoms with van der Waals surface area (Å²) in [6, 6.07) is 28.1. The molecule has 0 aliphatic rings. The zero-order chi connectivity index (χ0) is 25.7. The van der Waals surface area contributed by atoms with Gasteiger partial charge in [0.05, 0.1) is 23.1 Å². The zero-order valence-electron chi connectivity index (χ0n) is 22.4. The Labute approximate surface area is 240 Å². The maximum Gasteiger partial charge on any atom is 1.00 e. The molecule has 4 rings (SSSR count). The number of benzene rings is 4. The molecule has 0 aliphatic carbocycles. The van der Waals surface area contributed by atoms with Crippen LogP contribution in [0.15, 0.2) is 84.9 Å². The van der Waals surface area contributed by atoms with E-state index in [1.54, 1.807) is 42.5 Å². The quantitative estimate of drug-likeness (QED) is 0.359. The number of carboxylic acid groups (broad SMARTS) is 1. The molecule has 0 saturated carbocycles. The molecule has 0 heterocycles. The molecule has 5 nitrogen and oxygen atoms in total. The average Bonchev–Trinajstić information content (AvgIpc) is 2.88. The number of carbonyl (C=O) groups excluding carboxylic acids is 1. The van der Waals surface area contributed by atoms with Crippen LogP contribution in [0.25, 0.3) is 10.8 Å². The van der Waals surface area contributed by atoms with Crippen LogP contribution in [0.1, 0.15) is 60.2 Å². The Hall–Kier alpha value is -3.43. The number of rotatable bonds is 8. The summed E-state index contributed by atoms with van der Waals surface area (Å²) in [5, 5.41) is 24.3. The summed E-state index contributed by atoms with van der Waals surface area (Å²) in [5.41, 5.74) is 3.51. The number of amides is 1. The van der Waals surface area contributed by atoms with Gasteiger partial charge in [0.15, 0.2) is 0 Å². The third-order valence-corrected chi connectivity index (χ3v) is 6.35. The number of nitrogens with zero attached hydrogens (tertiary/aromatic N) is 1. The second-order valence-electron chi connectivity index (χ2n) is 9.36. The molecule has 1 unspecified atom stereocenters. The zero-order valence-corrected chi connectivity index (χ0v) is 23.4. The fourth-order valence-electron chi connectivity index (χ4n) is 4.63. The van der Waals surface area contributed by atoms with Crippen molar-refractivity contribution in [3.63, 3.8) is 0 Å². The molecule has 0 aromatic heterocycles. The molecule has 0 spiro atoms. The van der Waals surface area contributed by atoms with Gasteiger partial charge in [-0.3, -0.25) is 4.79 Å². The van der Waals surface area contributed by atoms with Gasteiger partial charge < -0.3 is 11.8 Å². The van der Waals surface area contributed by atoms with Crippen molar-refractivity contribution in [2.24, 2.45) is 5.92 Å². The standard InChI is InChI=1S/C31H28N2O3.Na.H/c1-20(2)16-28(27-13-7-10-22-8-3-5-11-25(22)27)30(34)33-29-17-21(19-32)14-15-24(29)18-23-9-4-6-12-26(23)31(35)36;;/h3-15,17,20,28H,16,18H2,1-2H3,(H,33,34)(H,35,36);;/q;+1;-1. The fourth-order valence-corrected chi connectivity index (χ4v) is 4.63. The van der Waals surface area contributed by atoms with Gasteiger partial charge in [-0.15, -0.1) is 0 Å². The third kappa shape index (κ3) is 6.67. The SMILES string of the molecule is CC(C)CC(C(=O)Nc1cc(C#N)ccc1Cc1ccccc1C(=O)O)c1cccc2ccccc12.[H-].[Na+]. The van der Waals surface area contributed by atoms with Gasteiger partial charge in [-0.1, -0.05) is 80.6 Å². The normalized spacial score (nSPS) is 11.4. The fraction of sp³-hybridized carbons (Fsp3) is 0.194. The van der Waals surface area contributed by atoms with Gasteiger partial charge in [0, 0.05) is 12.1 Å². The summed E-state index contributed by atoms with van der Waals surface area (Å²) in [5.74, 6) is -1.26. The topological polar surface area (TPSA) is 90.2 Å². The summed E-state index contributed by atoms with van der Waals surface area (Å²) < 4.78 is 0. The van der Waals surface area contributed by atoms with Gasteiger partial charge >= 0.3 is 35.5 Å². The predicted octanol–water partition coefficient (Wildman–Crippen LogP) is 3.89. The maximum absolute atomic E-state index is 13.8. The molecule has 37 heavy (non-hydrogen) atoms. The van der Waals surface area contributed by atoms with E-state index in [-0.39, 0.29) is 54.3 Å². The van der Waals surface area contributed by atoms with E-state index in [1.165, 1.54) is 0 Å². The maximum atomic E-state index is 13.8. The summed E-state index contributed by atoms with van der Waals surface area (Å²) in [6.07, 6.45) is 0.974. The van der Waals surface area contributed by atoms with Gasteiger partial charge in [-0.05, 0) is 58.0 Å². The number of carboxylic acids is 1. The molecular weight excluding hydrogens is 471 g/mol. The summed E-state index contributed by atoms with van der Waals surface area (Å²) in [4.78, 5) is 25.5. The molecule has 0 saturated heterocycles. The number of anilines is 1. The first-order valence-electron chi connectivity index (χ1n) is 12.0. The summed E-state index contributed by atoms with van der Waals surface area (Å²) in [6.45, 7) is 4.19. The van der Waals surface area contributed by atoms with Crippen molar-refractivity contribution in [2.75, 3.05) is 5.32 Å². The number of carbonyl (C=O) groups is 2. The van der Waals surface area contributed by atoms with E-state index in [1.807, 2.05) is 42.5 Å². The van der Waals surface area contributed by atoms with E-state index in [0.29, 0.717) is 29.7 Å². The van der Waals surface area contributed by atoms with Crippen molar-refractivity contribution in [1.29, 1.82) is 5.26 Å². The minimum atomic E-state index is -1.00. The number of fused-ring (bicyclic) bond motifs is 1. The van der Waals surface area contributed by atoms with Crippen LogP contribution in [-0.2, 0) is 11.2 Å². The minimum Gasteiger partial charge on any atom is -1.00 e. The van der Waals surface area contributed by atoms with Crippen molar-refractivity contribution < 1.29 is 45.7 Å². The second kappa shape index (κ2) is 12.7. The monoisotopic (exact) mass is 500 g/mol. The molecule has 4 aromatic rings. The first-order valence-corrected chi connectivity index (χ1v) is 12.0. The Bertz CT molecular complexity index is 1470. The van der Waals surface area contributed by atoms with Gasteiger partial charge in [0.1, 0.15) is 0 Å². The van der Waals surface area contributed by atoms with Crippen LogP contribution >= 0.6 is 0 Å². The number of nitriles is 1. The Morgan fingerprint density at radius 1 is 0.946 bits per heavy atom. The molecule has 1 atom stereocenters. The molecule has 0 radical (unpaired) electrons. The predicted molar refractivity (Wildman–Crippen MR) is 143 cm³/mol. The van der Waals surface area contributed by atoms with Crippen molar-refractivity contribution in [1.82, 2.24) is 0 Å². The van der Waals surface area contributed by atoms with Gasteiger partial charge in [0.2, 0.25) is 5.91 Å². The molecule has 4 aromatic carbocycles. The Balaban J connectivity index is 0.00000253. The smallest absolute Gasteiger partial charge is 1.00 e. The molecular formula is C31H29N2NaO3. The van der Waals surface area contributed by atoms with E-state index in [0.717, 1.165) is 21.9 Å². The summed E-state index contributed by atoms with van der Waals surface area (Å²) in [7, 11) is 0. The van der Waals surface area contributed by atoms with Crippen molar-refractivity contribution >= 4 is 28.3 Å². The molecule has 1 amide bonds. The number of nitrogens with one attached hydrogen (secondary N) is 1. The number of aromatic carboxylic acids is 1. The second-order valence-corrected chi connectivity index (χ2v) is 9.36. The molecule has 0 fully saturated rings. The molecule has 2 N–H and O–H groups in total. The Morgan fingerprint density at radius 3 is 2.38 bits per heavy atom. The molecule has 0 aliphatic heterocycles. The van der Waals surface area contributed by atoms with Crippen molar-refractivity contribution in [3.8, 4) is 6.07 Å². The summed E-state index contributed by atoms with van der Waals surface area (Å²) >= 11 is 0. The van der Waals surface area contributed by atoms with E-state index >= 15 is 0 Å². The number of hydrogen-bond donors (Lipinski definition) is 2. The van der Waals surface area contributed by atoms with Crippen LogP contribution in [0.4, 0.5) is 5.69 Å². The van der Waals surface area contributed by atoms with Crippen LogP contribution in [0.5, 0.6) is 0 Å². The molecule has 6 heteroatoms. The molecule has 182 valence electrons. The van der Waals surface area contributed by atoms with Crippen LogP contribution in [0, 0.1) is 17.2 Å². The minimum absolute atomic E-state index is 0. The van der Waals surface area contributed by atoms with Crippen LogP contribution in [0.3, 0.4) is 0 Å². The van der Waals surface area contributed by atoms with Crippen LogP contribution in [0.2, 0.25) is 0 Å². The Kier molecular flexibility index (Phi) is 9.66.